The molecule has 0 aliphatic carbocycles. The number of amides is 1. The van der Waals surface area contributed by atoms with E-state index in [0.29, 0.717) is 11.1 Å². The highest BCUT2D eigenvalue weighted by Gasteiger charge is 2.20. The number of rotatable bonds is 3. The maximum absolute atomic E-state index is 13.5. The Labute approximate surface area is 203 Å². The maximum atomic E-state index is 13.5. The predicted molar refractivity (Wildman–Crippen MR) is 131 cm³/mol. The molecule has 0 saturated heterocycles. The number of aryl methyl sites for hydroxylation is 2. The molecule has 1 unspecified atom stereocenters. The summed E-state index contributed by atoms with van der Waals surface area (Å²) in [5, 5.41) is 2.72. The van der Waals surface area contributed by atoms with Crippen LogP contribution in [0.15, 0.2) is 35.6 Å². The molecule has 0 aliphatic heterocycles. The quantitative estimate of drug-likeness (QED) is 0.394. The van der Waals surface area contributed by atoms with Crippen LogP contribution in [0.3, 0.4) is 0 Å². The van der Waals surface area contributed by atoms with Crippen molar-refractivity contribution in [3.8, 4) is 11.3 Å². The summed E-state index contributed by atoms with van der Waals surface area (Å²) >= 11 is 3.58. The Morgan fingerprint density at radius 2 is 1.94 bits per heavy atom. The van der Waals surface area contributed by atoms with Crippen LogP contribution in [0.25, 0.3) is 27.8 Å². The summed E-state index contributed by atoms with van der Waals surface area (Å²) in [6.45, 7) is 6.21. The van der Waals surface area contributed by atoms with Gasteiger partial charge in [0.05, 0.1) is 10.9 Å². The molecular formula is C23H25BrN6O3. The van der Waals surface area contributed by atoms with Crippen molar-refractivity contribution in [2.24, 2.45) is 6.98 Å². The summed E-state index contributed by atoms with van der Waals surface area (Å²) in [7, 11) is 0. The van der Waals surface area contributed by atoms with E-state index in [9.17, 15) is 9.59 Å². The number of fused-ring (bicyclic) bond motifs is 3. The van der Waals surface area contributed by atoms with E-state index >= 15 is 0 Å². The van der Waals surface area contributed by atoms with Crippen molar-refractivity contribution < 1.29 is 13.6 Å². The number of carbonyl (C=O) groups excluding carboxylic acids is 1. The van der Waals surface area contributed by atoms with Crippen molar-refractivity contribution >= 4 is 44.5 Å². The lowest BCUT2D eigenvalue weighted by molar-refractivity contribution is 0.0634. The second kappa shape index (κ2) is 8.26. The zero-order valence-electron chi connectivity index (χ0n) is 21.8. The van der Waals surface area contributed by atoms with Crippen LogP contribution in [0.1, 0.15) is 47.8 Å². The van der Waals surface area contributed by atoms with Crippen LogP contribution in [-0.2, 0) is 11.7 Å². The Morgan fingerprint density at radius 1 is 1.24 bits per heavy atom. The molecule has 3 aromatic heterocycles. The monoisotopic (exact) mass is 515 g/mol. The van der Waals surface area contributed by atoms with Crippen molar-refractivity contribution in [1.82, 2.24) is 23.9 Å². The van der Waals surface area contributed by atoms with Crippen molar-refractivity contribution in [3.63, 3.8) is 0 Å². The van der Waals surface area contributed by atoms with Gasteiger partial charge in [-0.1, -0.05) is 22.0 Å². The molecule has 4 rings (SSSR count). The average Bonchev–Trinajstić information content (AvgIpc) is 3.15. The second-order valence-electron chi connectivity index (χ2n) is 8.72. The van der Waals surface area contributed by atoms with Crippen molar-refractivity contribution in [2.75, 3.05) is 5.32 Å². The van der Waals surface area contributed by atoms with E-state index in [-0.39, 0.29) is 27.5 Å². The first-order valence-corrected chi connectivity index (χ1v) is 11.1. The molecule has 1 atom stereocenters. The van der Waals surface area contributed by atoms with Gasteiger partial charge < -0.3 is 4.74 Å². The third-order valence-corrected chi connectivity index (χ3v) is 5.37. The third-order valence-electron chi connectivity index (χ3n) is 4.88. The van der Waals surface area contributed by atoms with Gasteiger partial charge in [-0.25, -0.2) is 19.7 Å². The number of carbonyl (C=O) groups is 1. The Bertz CT molecular complexity index is 1540. The number of alkyl halides is 1. The van der Waals surface area contributed by atoms with Crippen LogP contribution >= 0.6 is 15.9 Å². The van der Waals surface area contributed by atoms with Crippen LogP contribution in [0.4, 0.5) is 10.7 Å². The Morgan fingerprint density at radius 3 is 2.55 bits per heavy atom. The molecule has 0 fully saturated rings. The van der Waals surface area contributed by atoms with E-state index < -0.39 is 24.2 Å². The molecule has 172 valence electrons. The Kier molecular flexibility index (Phi) is 4.81. The standard InChI is InChI=1S/C23H25BrN6O3/c1-12-7-15(13(2)24)18-16(8-12)20(31)29(6)19-17(27-11-30(18)19)14-9-25-21(26-10-14)28-22(32)33-23(3,4)5/h7-11,13H,1-6H3,(H,25,26,28,32)/i6D3. The van der Waals surface area contributed by atoms with Crippen LogP contribution in [0, 0.1) is 6.92 Å². The molecular weight excluding hydrogens is 488 g/mol. The lowest BCUT2D eigenvalue weighted by Gasteiger charge is -2.19. The molecule has 1 N–H and O–H groups in total. The minimum atomic E-state index is -2.77. The summed E-state index contributed by atoms with van der Waals surface area (Å²) in [5.41, 5.74) is 1.54. The number of halogens is 1. The molecule has 1 aromatic carbocycles. The minimum absolute atomic E-state index is 0.000973. The molecule has 10 heteroatoms. The maximum Gasteiger partial charge on any atom is 0.414 e. The van der Waals surface area contributed by atoms with Gasteiger partial charge in [0.15, 0.2) is 0 Å². The van der Waals surface area contributed by atoms with Crippen molar-refractivity contribution in [2.45, 2.75) is 45.0 Å². The fourth-order valence-corrected chi connectivity index (χ4v) is 3.94. The molecule has 4 aromatic rings. The molecule has 33 heavy (non-hydrogen) atoms. The largest absolute Gasteiger partial charge is 0.444 e. The zero-order chi connectivity index (χ0) is 26.6. The summed E-state index contributed by atoms with van der Waals surface area (Å²) in [6.07, 6.45) is 3.56. The summed E-state index contributed by atoms with van der Waals surface area (Å²) < 4.78 is 31.9. The summed E-state index contributed by atoms with van der Waals surface area (Å²) in [5.74, 6) is 0.000973. The number of hydrogen-bond donors (Lipinski definition) is 1. The van der Waals surface area contributed by atoms with Crippen molar-refractivity contribution in [3.05, 3.63) is 52.3 Å². The molecule has 0 spiro atoms. The van der Waals surface area contributed by atoms with Crippen LogP contribution < -0.4 is 10.9 Å². The Hall–Kier alpha value is -3.27. The molecule has 9 nitrogen and oxygen atoms in total. The van der Waals surface area contributed by atoms with E-state index in [4.69, 9.17) is 8.85 Å². The number of benzene rings is 1. The van der Waals surface area contributed by atoms with Crippen molar-refractivity contribution in [1.29, 1.82) is 0 Å². The average molecular weight is 516 g/mol. The molecule has 1 amide bonds. The highest BCUT2D eigenvalue weighted by atomic mass is 79.9. The number of nitrogens with zero attached hydrogens (tertiary/aromatic N) is 5. The number of hydrogen-bond acceptors (Lipinski definition) is 6. The SMILES string of the molecule is [2H]C([2H])([2H])n1c(=O)c2cc(C)cc(C(C)Br)c2n2cnc(-c3cnc(NC(=O)OC(C)(C)C)nc3)c12. The van der Waals surface area contributed by atoms with Crippen LogP contribution in [0.2, 0.25) is 0 Å². The third kappa shape index (κ3) is 4.35. The second-order valence-corrected chi connectivity index (χ2v) is 10.1. The smallest absolute Gasteiger partial charge is 0.414 e. The zero-order valence-corrected chi connectivity index (χ0v) is 20.4. The highest BCUT2D eigenvalue weighted by Crippen LogP contribution is 2.32. The normalized spacial score (nSPS) is 14.5. The molecule has 0 saturated carbocycles. The number of imidazole rings is 1. The highest BCUT2D eigenvalue weighted by molar-refractivity contribution is 9.09. The van der Waals surface area contributed by atoms with E-state index in [1.165, 1.54) is 18.7 Å². The van der Waals surface area contributed by atoms with E-state index in [1.54, 1.807) is 31.2 Å². The van der Waals surface area contributed by atoms with E-state index in [2.05, 4.69) is 36.2 Å². The lowest BCUT2D eigenvalue weighted by Crippen LogP contribution is -2.27. The van der Waals surface area contributed by atoms with Gasteiger partial charge in [-0.2, -0.15) is 0 Å². The first-order valence-electron chi connectivity index (χ1n) is 11.7. The number of ether oxygens (including phenoxy) is 1. The fourth-order valence-electron chi connectivity index (χ4n) is 3.59. The summed E-state index contributed by atoms with van der Waals surface area (Å²) in [6, 6.07) is 3.62. The van der Waals surface area contributed by atoms with Gasteiger partial charge in [0.25, 0.3) is 5.56 Å². The predicted octanol–water partition coefficient (Wildman–Crippen LogP) is 4.75. The van der Waals surface area contributed by atoms with Gasteiger partial charge >= 0.3 is 6.09 Å². The van der Waals surface area contributed by atoms with E-state index in [0.717, 1.165) is 15.7 Å². The molecule has 0 aliphatic rings. The van der Waals surface area contributed by atoms with Gasteiger partial charge in [0.1, 0.15) is 23.3 Å². The van der Waals surface area contributed by atoms with E-state index in [1.807, 2.05) is 19.9 Å². The summed E-state index contributed by atoms with van der Waals surface area (Å²) in [4.78, 5) is 38.2. The minimum Gasteiger partial charge on any atom is -0.444 e. The van der Waals surface area contributed by atoms with Gasteiger partial charge in [0.2, 0.25) is 5.95 Å². The molecule has 3 heterocycles. The van der Waals surface area contributed by atoms with Gasteiger partial charge in [-0.15, -0.1) is 0 Å². The van der Waals surface area contributed by atoms with Crippen LogP contribution in [0.5, 0.6) is 0 Å². The van der Waals surface area contributed by atoms with Gasteiger partial charge in [-0.05, 0) is 51.8 Å². The fraction of sp³-hybridized carbons (Fsp3) is 0.348. The topological polar surface area (TPSA) is 103 Å². The number of nitrogens with one attached hydrogen (secondary N) is 1. The first kappa shape index (κ1) is 19.2. The first-order chi connectivity index (χ1) is 16.7. The number of anilines is 1. The number of aromatic nitrogens is 5. The van der Waals surface area contributed by atoms with Gasteiger partial charge in [0, 0.05) is 33.9 Å². The Balaban J connectivity index is 1.92. The van der Waals surface area contributed by atoms with Crippen LogP contribution in [-0.4, -0.2) is 35.6 Å². The lowest BCUT2D eigenvalue weighted by atomic mass is 10.0. The van der Waals surface area contributed by atoms with Gasteiger partial charge in [-0.3, -0.25) is 19.1 Å². The molecule has 0 radical (unpaired) electrons. The molecule has 0 bridgehead atoms.